The SMILES string of the molecule is NNc1ccc(C(=O)N2CCCC2C2CCCC2)cn1. The summed E-state index contributed by atoms with van der Waals surface area (Å²) in [5.41, 5.74) is 3.14. The van der Waals surface area contributed by atoms with E-state index in [-0.39, 0.29) is 5.91 Å². The molecule has 20 heavy (non-hydrogen) atoms. The van der Waals surface area contributed by atoms with Crippen molar-refractivity contribution in [2.75, 3.05) is 12.0 Å². The van der Waals surface area contributed by atoms with Crippen LogP contribution in [-0.4, -0.2) is 28.4 Å². The number of likely N-dealkylation sites (tertiary alicyclic amines) is 1. The Morgan fingerprint density at radius 1 is 1.25 bits per heavy atom. The lowest BCUT2D eigenvalue weighted by molar-refractivity contribution is 0.0688. The van der Waals surface area contributed by atoms with E-state index >= 15 is 0 Å². The maximum absolute atomic E-state index is 12.6. The highest BCUT2D eigenvalue weighted by molar-refractivity contribution is 5.94. The number of hydrazine groups is 1. The van der Waals surface area contributed by atoms with Crippen LogP contribution in [0, 0.1) is 5.92 Å². The third kappa shape index (κ3) is 2.50. The van der Waals surface area contributed by atoms with Crippen LogP contribution in [0.5, 0.6) is 0 Å². The number of carbonyl (C=O) groups excluding carboxylic acids is 1. The molecule has 1 aromatic rings. The molecule has 5 nitrogen and oxygen atoms in total. The summed E-state index contributed by atoms with van der Waals surface area (Å²) in [5.74, 6) is 6.70. The second-order valence-electron chi connectivity index (χ2n) is 5.83. The van der Waals surface area contributed by atoms with Crippen molar-refractivity contribution in [3.05, 3.63) is 23.9 Å². The van der Waals surface area contributed by atoms with Crippen molar-refractivity contribution in [1.82, 2.24) is 9.88 Å². The highest BCUT2D eigenvalue weighted by atomic mass is 16.2. The fourth-order valence-electron chi connectivity index (χ4n) is 3.65. The maximum Gasteiger partial charge on any atom is 0.255 e. The van der Waals surface area contributed by atoms with E-state index in [4.69, 9.17) is 5.84 Å². The van der Waals surface area contributed by atoms with Gasteiger partial charge >= 0.3 is 0 Å². The molecule has 3 rings (SSSR count). The first-order valence-corrected chi connectivity index (χ1v) is 7.53. The fraction of sp³-hybridized carbons (Fsp3) is 0.600. The number of pyridine rings is 1. The molecule has 1 atom stereocenters. The summed E-state index contributed by atoms with van der Waals surface area (Å²) in [6.45, 7) is 0.886. The molecule has 1 amide bonds. The predicted octanol–water partition coefficient (Wildman–Crippen LogP) is 2.16. The molecule has 1 unspecified atom stereocenters. The third-order valence-corrected chi connectivity index (χ3v) is 4.66. The van der Waals surface area contributed by atoms with Crippen molar-refractivity contribution in [2.45, 2.75) is 44.6 Å². The van der Waals surface area contributed by atoms with Gasteiger partial charge in [0.25, 0.3) is 5.91 Å². The number of nitrogen functional groups attached to an aromatic ring is 1. The second-order valence-corrected chi connectivity index (χ2v) is 5.83. The molecule has 2 aliphatic rings. The Bertz CT molecular complexity index is 467. The van der Waals surface area contributed by atoms with Gasteiger partial charge in [0.15, 0.2) is 0 Å². The quantitative estimate of drug-likeness (QED) is 0.654. The summed E-state index contributed by atoms with van der Waals surface area (Å²) < 4.78 is 0. The predicted molar refractivity (Wildman–Crippen MR) is 78.1 cm³/mol. The van der Waals surface area contributed by atoms with Crippen molar-refractivity contribution in [2.24, 2.45) is 11.8 Å². The van der Waals surface area contributed by atoms with Crippen LogP contribution in [0.25, 0.3) is 0 Å². The highest BCUT2D eigenvalue weighted by Crippen LogP contribution is 2.35. The summed E-state index contributed by atoms with van der Waals surface area (Å²) in [7, 11) is 0. The van der Waals surface area contributed by atoms with E-state index in [0.29, 0.717) is 23.3 Å². The van der Waals surface area contributed by atoms with Gasteiger partial charge in [-0.2, -0.15) is 0 Å². The molecular weight excluding hydrogens is 252 g/mol. The minimum Gasteiger partial charge on any atom is -0.335 e. The lowest BCUT2D eigenvalue weighted by Crippen LogP contribution is -2.39. The van der Waals surface area contributed by atoms with Gasteiger partial charge < -0.3 is 10.3 Å². The number of carbonyl (C=O) groups is 1. The van der Waals surface area contributed by atoms with Crippen LogP contribution in [-0.2, 0) is 0 Å². The van der Waals surface area contributed by atoms with E-state index in [2.05, 4.69) is 15.3 Å². The largest absolute Gasteiger partial charge is 0.335 e. The number of nitrogens with zero attached hydrogens (tertiary/aromatic N) is 2. The first-order valence-electron chi connectivity index (χ1n) is 7.53. The summed E-state index contributed by atoms with van der Waals surface area (Å²) in [4.78, 5) is 18.8. The van der Waals surface area contributed by atoms with Crippen molar-refractivity contribution in [3.63, 3.8) is 0 Å². The lowest BCUT2D eigenvalue weighted by Gasteiger charge is -2.29. The Labute approximate surface area is 119 Å². The van der Waals surface area contributed by atoms with E-state index in [1.165, 1.54) is 25.7 Å². The van der Waals surface area contributed by atoms with E-state index in [9.17, 15) is 4.79 Å². The molecule has 108 valence electrons. The number of nitrogens with two attached hydrogens (primary N) is 1. The van der Waals surface area contributed by atoms with Gasteiger partial charge in [-0.3, -0.25) is 4.79 Å². The van der Waals surface area contributed by atoms with Crippen molar-refractivity contribution in [1.29, 1.82) is 0 Å². The molecule has 1 saturated heterocycles. The minimum atomic E-state index is 0.121. The first-order chi connectivity index (χ1) is 9.79. The molecule has 1 aromatic heterocycles. The Kier molecular flexibility index (Phi) is 3.87. The molecule has 1 aliphatic heterocycles. The summed E-state index contributed by atoms with van der Waals surface area (Å²) in [6, 6.07) is 3.99. The lowest BCUT2D eigenvalue weighted by atomic mass is 9.95. The summed E-state index contributed by atoms with van der Waals surface area (Å²) in [5, 5.41) is 0. The number of anilines is 1. The van der Waals surface area contributed by atoms with Crippen LogP contribution in [0.3, 0.4) is 0 Å². The van der Waals surface area contributed by atoms with Gasteiger partial charge in [0.2, 0.25) is 0 Å². The molecule has 0 aromatic carbocycles. The Morgan fingerprint density at radius 3 is 2.70 bits per heavy atom. The molecule has 0 spiro atoms. The normalized spacial score (nSPS) is 23.2. The average Bonchev–Trinajstić information content (AvgIpc) is 3.16. The number of nitrogens with one attached hydrogen (secondary N) is 1. The van der Waals surface area contributed by atoms with Crippen LogP contribution in [0.1, 0.15) is 48.9 Å². The zero-order chi connectivity index (χ0) is 13.9. The van der Waals surface area contributed by atoms with Gasteiger partial charge in [-0.15, -0.1) is 0 Å². The molecule has 0 radical (unpaired) electrons. The van der Waals surface area contributed by atoms with Gasteiger partial charge in [0.05, 0.1) is 5.56 Å². The molecule has 2 heterocycles. The zero-order valence-corrected chi connectivity index (χ0v) is 11.7. The molecule has 1 saturated carbocycles. The molecule has 1 aliphatic carbocycles. The highest BCUT2D eigenvalue weighted by Gasteiger charge is 2.36. The van der Waals surface area contributed by atoms with E-state index in [1.807, 2.05) is 0 Å². The van der Waals surface area contributed by atoms with E-state index in [1.54, 1.807) is 18.3 Å². The average molecular weight is 274 g/mol. The molecule has 2 fully saturated rings. The molecule has 0 bridgehead atoms. The molecule has 3 N–H and O–H groups in total. The smallest absolute Gasteiger partial charge is 0.255 e. The van der Waals surface area contributed by atoms with Crippen molar-refractivity contribution in [3.8, 4) is 0 Å². The van der Waals surface area contributed by atoms with Crippen molar-refractivity contribution < 1.29 is 4.79 Å². The maximum atomic E-state index is 12.6. The third-order valence-electron chi connectivity index (χ3n) is 4.66. The van der Waals surface area contributed by atoms with Crippen LogP contribution < -0.4 is 11.3 Å². The topological polar surface area (TPSA) is 71.2 Å². The van der Waals surface area contributed by atoms with Gasteiger partial charge in [-0.05, 0) is 43.7 Å². The van der Waals surface area contributed by atoms with Gasteiger partial charge in [0, 0.05) is 18.8 Å². The molecular formula is C15H22N4O. The van der Waals surface area contributed by atoms with Gasteiger partial charge in [-0.25, -0.2) is 10.8 Å². The van der Waals surface area contributed by atoms with Gasteiger partial charge in [0.1, 0.15) is 5.82 Å². The van der Waals surface area contributed by atoms with E-state index < -0.39 is 0 Å². The monoisotopic (exact) mass is 274 g/mol. The van der Waals surface area contributed by atoms with Gasteiger partial charge in [-0.1, -0.05) is 12.8 Å². The Morgan fingerprint density at radius 2 is 2.05 bits per heavy atom. The summed E-state index contributed by atoms with van der Waals surface area (Å²) >= 11 is 0. The number of hydrogen-bond acceptors (Lipinski definition) is 4. The number of aromatic nitrogens is 1. The van der Waals surface area contributed by atoms with Crippen LogP contribution in [0.2, 0.25) is 0 Å². The van der Waals surface area contributed by atoms with Crippen LogP contribution >= 0.6 is 0 Å². The van der Waals surface area contributed by atoms with Crippen molar-refractivity contribution >= 4 is 11.7 Å². The minimum absolute atomic E-state index is 0.121. The summed E-state index contributed by atoms with van der Waals surface area (Å²) in [6.07, 6.45) is 9.10. The number of hydrogen-bond donors (Lipinski definition) is 2. The number of amides is 1. The van der Waals surface area contributed by atoms with E-state index in [0.717, 1.165) is 19.4 Å². The fourth-order valence-corrected chi connectivity index (χ4v) is 3.65. The first kappa shape index (κ1) is 13.4. The Balaban J connectivity index is 1.74. The number of rotatable bonds is 3. The standard InChI is InChI=1S/C15H22N4O/c16-18-14-8-7-12(10-17-14)15(20)19-9-3-6-13(19)11-4-1-2-5-11/h7-8,10-11,13H,1-6,9,16H2,(H,17,18). The zero-order valence-electron chi connectivity index (χ0n) is 11.7. The Hall–Kier alpha value is -1.62. The molecule has 5 heteroatoms. The second kappa shape index (κ2) is 5.79. The van der Waals surface area contributed by atoms with Crippen LogP contribution in [0.15, 0.2) is 18.3 Å². The van der Waals surface area contributed by atoms with Crippen LogP contribution in [0.4, 0.5) is 5.82 Å².